The van der Waals surface area contributed by atoms with Crippen molar-refractivity contribution >= 4 is 40.7 Å². The first-order valence-electron chi connectivity index (χ1n) is 12.5. The average Bonchev–Trinajstić information content (AvgIpc) is 2.86. The molecular weight excluding hydrogens is 558 g/mol. The molecule has 0 saturated heterocycles. The Morgan fingerprint density at radius 3 is 2.62 bits per heavy atom. The Hall–Kier alpha value is -2.53. The zero-order chi connectivity index (χ0) is 28.9. The van der Waals surface area contributed by atoms with Gasteiger partial charge in [0.25, 0.3) is 5.91 Å². The minimum Gasteiger partial charge on any atom is -0.486 e. The van der Waals surface area contributed by atoms with Gasteiger partial charge >= 0.3 is 6.18 Å². The number of para-hydroxylation sites is 1. The van der Waals surface area contributed by atoms with Crippen molar-refractivity contribution in [3.05, 3.63) is 57.6 Å². The lowest BCUT2D eigenvalue weighted by molar-refractivity contribution is -0.142. The maximum absolute atomic E-state index is 13.5. The van der Waals surface area contributed by atoms with Gasteiger partial charge in [0.1, 0.15) is 6.10 Å². The minimum absolute atomic E-state index is 0.0810. The van der Waals surface area contributed by atoms with Crippen LogP contribution in [0.5, 0.6) is 5.75 Å². The fraction of sp³-hybridized carbons (Fsp3) is 0.481. The number of aliphatic hydroxyl groups excluding tert-OH is 1. The number of amides is 2. The molecule has 0 saturated carbocycles. The van der Waals surface area contributed by atoms with E-state index >= 15 is 0 Å². The monoisotopic (exact) mass is 589 g/mol. The number of aliphatic hydroxyl groups is 1. The number of carbonyl (C=O) groups excluding carboxylic acids is 2. The van der Waals surface area contributed by atoms with E-state index in [1.165, 1.54) is 18.2 Å². The van der Waals surface area contributed by atoms with Crippen molar-refractivity contribution in [3.63, 3.8) is 0 Å². The number of ether oxygens (including phenoxy) is 1. The van der Waals surface area contributed by atoms with E-state index in [0.717, 1.165) is 5.56 Å². The van der Waals surface area contributed by atoms with Crippen LogP contribution in [0.2, 0.25) is 10.0 Å². The van der Waals surface area contributed by atoms with Crippen molar-refractivity contribution in [2.24, 2.45) is 5.92 Å². The molecule has 0 radical (unpaired) electrons. The number of carbonyl (C=O) groups is 2. The third kappa shape index (κ3) is 8.48. The number of hydrogen-bond acceptors (Lipinski definition) is 5. The average molecular weight is 590 g/mol. The van der Waals surface area contributed by atoms with Crippen LogP contribution in [0.3, 0.4) is 0 Å². The number of hydrogen-bond donors (Lipinski definition) is 2. The molecule has 12 heteroatoms. The van der Waals surface area contributed by atoms with E-state index in [2.05, 4.69) is 5.32 Å². The summed E-state index contributed by atoms with van der Waals surface area (Å²) in [6, 6.07) is 9.40. The number of rotatable bonds is 9. The lowest BCUT2D eigenvalue weighted by Gasteiger charge is -2.38. The lowest BCUT2D eigenvalue weighted by atomic mass is 9.98. The zero-order valence-electron chi connectivity index (χ0n) is 21.9. The fourth-order valence-electron chi connectivity index (χ4n) is 4.35. The van der Waals surface area contributed by atoms with Gasteiger partial charge in [-0.2, -0.15) is 13.2 Å². The topological polar surface area (TPSA) is 82.1 Å². The Bertz CT molecular complexity index is 1180. The Balaban J connectivity index is 1.92. The van der Waals surface area contributed by atoms with E-state index in [1.54, 1.807) is 24.0 Å². The minimum atomic E-state index is -4.48. The molecule has 3 atom stereocenters. The third-order valence-electron chi connectivity index (χ3n) is 6.53. The van der Waals surface area contributed by atoms with E-state index < -0.39 is 43.0 Å². The number of benzene rings is 2. The number of fused-ring (bicyclic) bond motifs is 1. The lowest BCUT2D eigenvalue weighted by Crippen LogP contribution is -2.49. The van der Waals surface area contributed by atoms with Gasteiger partial charge in [-0.1, -0.05) is 42.3 Å². The smallest absolute Gasteiger partial charge is 0.389 e. The molecule has 2 N–H and O–H groups in total. The number of alkyl halides is 3. The fourth-order valence-corrected chi connectivity index (χ4v) is 4.67. The number of halogens is 5. The maximum atomic E-state index is 13.5. The SMILES string of the molecule is C[C@H](CO)N1C[C@H](C)[C@@H](CN(C)Cc2ccc(Cl)c(Cl)c2)Oc2c(NC(=O)CCC(F)(F)F)cccc2C1=O. The summed E-state index contributed by atoms with van der Waals surface area (Å²) in [7, 11) is 1.89. The normalized spacial score (nSPS) is 18.7. The van der Waals surface area contributed by atoms with E-state index in [1.807, 2.05) is 24.9 Å². The molecule has 0 aromatic heterocycles. The summed E-state index contributed by atoms with van der Waals surface area (Å²) in [6.45, 7) is 4.60. The van der Waals surface area contributed by atoms with Crippen LogP contribution in [0.15, 0.2) is 36.4 Å². The molecule has 0 aliphatic carbocycles. The second-order valence-electron chi connectivity index (χ2n) is 9.91. The first kappa shape index (κ1) is 31.0. The Morgan fingerprint density at radius 1 is 1.26 bits per heavy atom. The molecule has 1 heterocycles. The van der Waals surface area contributed by atoms with Crippen LogP contribution in [0.1, 0.15) is 42.6 Å². The summed E-state index contributed by atoms with van der Waals surface area (Å²) in [5.74, 6) is -1.38. The van der Waals surface area contributed by atoms with Crippen molar-refractivity contribution in [2.45, 2.75) is 51.6 Å². The highest BCUT2D eigenvalue weighted by atomic mass is 35.5. The van der Waals surface area contributed by atoms with Gasteiger partial charge in [-0.3, -0.25) is 14.5 Å². The van der Waals surface area contributed by atoms with Gasteiger partial charge in [-0.15, -0.1) is 0 Å². The van der Waals surface area contributed by atoms with Crippen molar-refractivity contribution in [3.8, 4) is 5.75 Å². The van der Waals surface area contributed by atoms with E-state index in [9.17, 15) is 27.9 Å². The third-order valence-corrected chi connectivity index (χ3v) is 7.27. The summed E-state index contributed by atoms with van der Waals surface area (Å²) in [5.41, 5.74) is 1.18. The van der Waals surface area contributed by atoms with Crippen LogP contribution in [-0.2, 0) is 11.3 Å². The van der Waals surface area contributed by atoms with E-state index in [0.29, 0.717) is 29.7 Å². The van der Waals surface area contributed by atoms with E-state index in [-0.39, 0.29) is 29.5 Å². The molecule has 39 heavy (non-hydrogen) atoms. The molecule has 1 aliphatic heterocycles. The highest BCUT2D eigenvalue weighted by Gasteiger charge is 2.35. The number of likely N-dealkylation sites (N-methyl/N-ethyl adjacent to an activating group) is 1. The standard InChI is InChI=1S/C27H32Cl2F3N3O4/c1-16-12-35(17(2)15-36)26(38)19-5-4-6-22(33-24(37)9-10-27(30,31)32)25(19)39-23(16)14-34(3)13-18-7-8-20(28)21(29)11-18/h4-8,11,16-17,23,36H,9-10,12-15H2,1-3H3,(H,33,37)/t16-,17+,23+/m0/s1. The summed E-state index contributed by atoms with van der Waals surface area (Å²) in [6.07, 6.45) is -6.99. The molecule has 1 aliphatic rings. The van der Waals surface area contributed by atoms with Gasteiger partial charge in [0.05, 0.1) is 40.4 Å². The maximum Gasteiger partial charge on any atom is 0.389 e. The Labute approximate surface area is 235 Å². The second kappa shape index (κ2) is 13.2. The quantitative estimate of drug-likeness (QED) is 0.396. The molecule has 0 bridgehead atoms. The van der Waals surface area contributed by atoms with Crippen molar-refractivity contribution < 1.29 is 32.6 Å². The summed E-state index contributed by atoms with van der Waals surface area (Å²) in [5, 5.41) is 13.2. The first-order valence-corrected chi connectivity index (χ1v) is 13.2. The molecule has 2 amide bonds. The first-order chi connectivity index (χ1) is 18.3. The molecule has 0 spiro atoms. The van der Waals surface area contributed by atoms with Crippen molar-refractivity contribution in [2.75, 3.05) is 32.1 Å². The largest absolute Gasteiger partial charge is 0.486 e. The second-order valence-corrected chi connectivity index (χ2v) is 10.7. The van der Waals surface area contributed by atoms with Crippen LogP contribution >= 0.6 is 23.2 Å². The van der Waals surface area contributed by atoms with Gasteiger partial charge in [0, 0.05) is 32.0 Å². The number of anilines is 1. The van der Waals surface area contributed by atoms with Gasteiger partial charge in [0.2, 0.25) is 5.91 Å². The van der Waals surface area contributed by atoms with Gasteiger partial charge < -0.3 is 20.1 Å². The molecular formula is C27H32Cl2F3N3O4. The van der Waals surface area contributed by atoms with Crippen molar-refractivity contribution in [1.29, 1.82) is 0 Å². The van der Waals surface area contributed by atoms with Crippen LogP contribution in [-0.4, -0.2) is 71.8 Å². The molecule has 7 nitrogen and oxygen atoms in total. The van der Waals surface area contributed by atoms with Gasteiger partial charge in [0.15, 0.2) is 5.75 Å². The summed E-state index contributed by atoms with van der Waals surface area (Å²) in [4.78, 5) is 29.4. The van der Waals surface area contributed by atoms with Crippen LogP contribution < -0.4 is 10.1 Å². The molecule has 3 rings (SSSR count). The predicted octanol–water partition coefficient (Wildman–Crippen LogP) is 5.63. The number of nitrogens with one attached hydrogen (secondary N) is 1. The Kier molecular flexibility index (Phi) is 10.5. The molecule has 2 aromatic carbocycles. The van der Waals surface area contributed by atoms with Gasteiger partial charge in [-0.25, -0.2) is 0 Å². The summed E-state index contributed by atoms with van der Waals surface area (Å²) >= 11 is 12.2. The molecule has 214 valence electrons. The highest BCUT2D eigenvalue weighted by Crippen LogP contribution is 2.35. The van der Waals surface area contributed by atoms with Crippen LogP contribution in [0.4, 0.5) is 18.9 Å². The van der Waals surface area contributed by atoms with E-state index in [4.69, 9.17) is 27.9 Å². The van der Waals surface area contributed by atoms with Crippen molar-refractivity contribution in [1.82, 2.24) is 9.80 Å². The summed E-state index contributed by atoms with van der Waals surface area (Å²) < 4.78 is 44.3. The Morgan fingerprint density at radius 2 is 1.97 bits per heavy atom. The van der Waals surface area contributed by atoms with Gasteiger partial charge in [-0.05, 0) is 43.8 Å². The number of nitrogens with zero attached hydrogens (tertiary/aromatic N) is 2. The molecule has 0 fully saturated rings. The molecule has 0 unspecified atom stereocenters. The van der Waals surface area contributed by atoms with Crippen LogP contribution in [0, 0.1) is 5.92 Å². The van der Waals surface area contributed by atoms with Crippen LogP contribution in [0.25, 0.3) is 0 Å². The molecule has 2 aromatic rings. The zero-order valence-corrected chi connectivity index (χ0v) is 23.4. The predicted molar refractivity (Wildman–Crippen MR) is 144 cm³/mol. The highest BCUT2D eigenvalue weighted by molar-refractivity contribution is 6.42.